The molecule has 4 rings (SSSR count). The first-order chi connectivity index (χ1) is 8.93. The van der Waals surface area contributed by atoms with Crippen molar-refractivity contribution in [3.05, 3.63) is 36.0 Å². The van der Waals surface area contributed by atoms with Gasteiger partial charge in [-0.2, -0.15) is 0 Å². The van der Waals surface area contributed by atoms with E-state index in [0.717, 1.165) is 18.7 Å². The summed E-state index contributed by atoms with van der Waals surface area (Å²) in [6.45, 7) is 1.91. The molecule has 3 heteroatoms. The monoisotopic (exact) mass is 240 g/mol. The van der Waals surface area contributed by atoms with Crippen molar-refractivity contribution in [3.8, 4) is 0 Å². The zero-order chi connectivity index (χ0) is 11.9. The number of nitrogens with one attached hydrogen (secondary N) is 1. The van der Waals surface area contributed by atoms with Crippen molar-refractivity contribution < 1.29 is 4.74 Å². The summed E-state index contributed by atoms with van der Waals surface area (Å²) in [5.74, 6) is 0.625. The minimum atomic E-state index is 0.277. The van der Waals surface area contributed by atoms with E-state index in [0.29, 0.717) is 5.92 Å². The number of nitrogens with zero attached hydrogens (tertiary/aromatic N) is 1. The summed E-state index contributed by atoms with van der Waals surface area (Å²) < 4.78 is 6.00. The molecule has 3 nitrogen and oxygen atoms in total. The van der Waals surface area contributed by atoms with E-state index >= 15 is 0 Å². The Morgan fingerprint density at radius 1 is 1.28 bits per heavy atom. The van der Waals surface area contributed by atoms with Gasteiger partial charge in [-0.3, -0.25) is 4.98 Å². The standard InChI is InChI=1S/C15H16N2O/c1-4-11-13(16-7-1)6-5-12-14(11)17-9-10-3-2-8-18-15(10)12/h1,4-7,10,15,17H,2-3,8-9H2/t10-,15-/m0/s1. The van der Waals surface area contributed by atoms with Gasteiger partial charge in [-0.1, -0.05) is 6.07 Å². The smallest absolute Gasteiger partial charge is 0.0889 e. The molecule has 1 saturated heterocycles. The van der Waals surface area contributed by atoms with Gasteiger partial charge in [0.1, 0.15) is 0 Å². The van der Waals surface area contributed by atoms with Gasteiger partial charge in [0.15, 0.2) is 0 Å². The Labute approximate surface area is 106 Å². The molecule has 2 aliphatic heterocycles. The quantitative estimate of drug-likeness (QED) is 0.768. The third-order valence-electron chi connectivity index (χ3n) is 4.11. The minimum absolute atomic E-state index is 0.277. The van der Waals surface area contributed by atoms with Crippen LogP contribution in [0.1, 0.15) is 24.5 Å². The van der Waals surface area contributed by atoms with Crippen LogP contribution in [0, 0.1) is 5.92 Å². The molecule has 1 aromatic carbocycles. The maximum atomic E-state index is 6.00. The van der Waals surface area contributed by atoms with Gasteiger partial charge in [-0.05, 0) is 31.0 Å². The van der Waals surface area contributed by atoms with Crippen LogP contribution in [0.2, 0.25) is 0 Å². The number of ether oxygens (including phenoxy) is 1. The van der Waals surface area contributed by atoms with Crippen LogP contribution in [-0.2, 0) is 4.74 Å². The van der Waals surface area contributed by atoms with Crippen molar-refractivity contribution in [2.75, 3.05) is 18.5 Å². The molecule has 2 aromatic rings. The normalized spacial score (nSPS) is 26.2. The molecule has 0 radical (unpaired) electrons. The van der Waals surface area contributed by atoms with Crippen LogP contribution in [0.15, 0.2) is 30.5 Å². The van der Waals surface area contributed by atoms with Gasteiger partial charge in [-0.25, -0.2) is 0 Å². The van der Waals surface area contributed by atoms with E-state index in [-0.39, 0.29) is 6.10 Å². The Morgan fingerprint density at radius 2 is 2.28 bits per heavy atom. The Morgan fingerprint density at radius 3 is 3.28 bits per heavy atom. The average Bonchev–Trinajstić information content (AvgIpc) is 2.46. The highest BCUT2D eigenvalue weighted by molar-refractivity contribution is 5.93. The highest BCUT2D eigenvalue weighted by Gasteiger charge is 2.33. The summed E-state index contributed by atoms with van der Waals surface area (Å²) in [5, 5.41) is 4.80. The fourth-order valence-corrected chi connectivity index (χ4v) is 3.23. The topological polar surface area (TPSA) is 34.2 Å². The van der Waals surface area contributed by atoms with Crippen LogP contribution in [0.5, 0.6) is 0 Å². The summed E-state index contributed by atoms with van der Waals surface area (Å²) in [6, 6.07) is 8.42. The lowest BCUT2D eigenvalue weighted by Gasteiger charge is -2.38. The molecule has 0 spiro atoms. The van der Waals surface area contributed by atoms with Crippen molar-refractivity contribution in [2.45, 2.75) is 18.9 Å². The molecule has 3 heterocycles. The predicted molar refractivity (Wildman–Crippen MR) is 71.6 cm³/mol. The van der Waals surface area contributed by atoms with Crippen molar-refractivity contribution in [3.63, 3.8) is 0 Å². The Balaban J connectivity index is 1.90. The van der Waals surface area contributed by atoms with Gasteiger partial charge >= 0.3 is 0 Å². The fourth-order valence-electron chi connectivity index (χ4n) is 3.23. The first-order valence-corrected chi connectivity index (χ1v) is 6.66. The molecule has 0 amide bonds. The van der Waals surface area contributed by atoms with Crippen molar-refractivity contribution in [1.29, 1.82) is 0 Å². The van der Waals surface area contributed by atoms with Gasteiger partial charge < -0.3 is 10.1 Å². The first kappa shape index (κ1) is 10.3. The van der Waals surface area contributed by atoms with Crippen LogP contribution >= 0.6 is 0 Å². The molecule has 1 N–H and O–H groups in total. The molecule has 1 fully saturated rings. The summed E-state index contributed by atoms with van der Waals surface area (Å²) in [4.78, 5) is 4.41. The van der Waals surface area contributed by atoms with Crippen molar-refractivity contribution in [2.24, 2.45) is 5.92 Å². The maximum Gasteiger partial charge on any atom is 0.0889 e. The average molecular weight is 240 g/mol. The second-order valence-electron chi connectivity index (χ2n) is 5.17. The van der Waals surface area contributed by atoms with Gasteiger partial charge in [0, 0.05) is 41.9 Å². The van der Waals surface area contributed by atoms with Gasteiger partial charge in [0.05, 0.1) is 11.6 Å². The summed E-state index contributed by atoms with van der Waals surface area (Å²) >= 11 is 0. The molecular weight excluding hydrogens is 224 g/mol. The highest BCUT2D eigenvalue weighted by Crippen LogP contribution is 2.43. The van der Waals surface area contributed by atoms with Crippen LogP contribution in [0.3, 0.4) is 0 Å². The number of fused-ring (bicyclic) bond motifs is 5. The SMILES string of the molecule is c1cnc2ccc3c(c2c1)NC[C@@H]1CCCO[C@H]31. The third-order valence-corrected chi connectivity index (χ3v) is 4.11. The van der Waals surface area contributed by atoms with E-state index in [2.05, 4.69) is 28.5 Å². The maximum absolute atomic E-state index is 6.00. The van der Waals surface area contributed by atoms with E-state index < -0.39 is 0 Å². The minimum Gasteiger partial charge on any atom is -0.384 e. The van der Waals surface area contributed by atoms with Gasteiger partial charge in [-0.15, -0.1) is 0 Å². The lowest BCUT2D eigenvalue weighted by Crippen LogP contribution is -2.33. The Bertz CT molecular complexity index is 596. The molecule has 2 aliphatic rings. The van der Waals surface area contributed by atoms with Crippen LogP contribution in [-0.4, -0.2) is 18.1 Å². The van der Waals surface area contributed by atoms with Crippen LogP contribution in [0.25, 0.3) is 10.9 Å². The van der Waals surface area contributed by atoms with Gasteiger partial charge in [0.25, 0.3) is 0 Å². The predicted octanol–water partition coefficient (Wildman–Crippen LogP) is 3.13. The third kappa shape index (κ3) is 1.44. The molecule has 92 valence electrons. The molecule has 1 aromatic heterocycles. The number of aromatic nitrogens is 1. The van der Waals surface area contributed by atoms with Crippen LogP contribution < -0.4 is 5.32 Å². The molecule has 0 saturated carbocycles. The van der Waals surface area contributed by atoms with E-state index in [1.165, 1.54) is 29.5 Å². The number of benzene rings is 1. The van der Waals surface area contributed by atoms with E-state index in [1.54, 1.807) is 0 Å². The van der Waals surface area contributed by atoms with E-state index in [1.807, 2.05) is 12.3 Å². The molecule has 2 atom stereocenters. The largest absolute Gasteiger partial charge is 0.384 e. The Hall–Kier alpha value is -1.61. The fraction of sp³-hybridized carbons (Fsp3) is 0.400. The number of hydrogen-bond donors (Lipinski definition) is 1. The lowest BCUT2D eigenvalue weighted by molar-refractivity contribution is -0.0261. The zero-order valence-electron chi connectivity index (χ0n) is 10.2. The molecule has 0 unspecified atom stereocenters. The molecular formula is C15H16N2O. The number of hydrogen-bond acceptors (Lipinski definition) is 3. The number of anilines is 1. The Kier molecular flexibility index (Phi) is 2.27. The number of rotatable bonds is 0. The molecule has 0 bridgehead atoms. The van der Waals surface area contributed by atoms with Crippen molar-refractivity contribution >= 4 is 16.6 Å². The highest BCUT2D eigenvalue weighted by atomic mass is 16.5. The lowest BCUT2D eigenvalue weighted by atomic mass is 9.85. The first-order valence-electron chi connectivity index (χ1n) is 6.66. The summed E-state index contributed by atoms with van der Waals surface area (Å²) in [7, 11) is 0. The summed E-state index contributed by atoms with van der Waals surface area (Å²) in [6.07, 6.45) is 4.58. The molecule has 18 heavy (non-hydrogen) atoms. The zero-order valence-corrected chi connectivity index (χ0v) is 10.2. The van der Waals surface area contributed by atoms with E-state index in [4.69, 9.17) is 4.74 Å². The molecule has 0 aliphatic carbocycles. The van der Waals surface area contributed by atoms with Gasteiger partial charge in [0.2, 0.25) is 0 Å². The summed E-state index contributed by atoms with van der Waals surface area (Å²) in [5.41, 5.74) is 3.59. The second kappa shape index (κ2) is 3.95. The van der Waals surface area contributed by atoms with Crippen LogP contribution in [0.4, 0.5) is 5.69 Å². The van der Waals surface area contributed by atoms with E-state index in [9.17, 15) is 0 Å². The number of pyridine rings is 1. The second-order valence-corrected chi connectivity index (χ2v) is 5.17. The van der Waals surface area contributed by atoms with Crippen molar-refractivity contribution in [1.82, 2.24) is 4.98 Å².